The molecule has 0 amide bonds. The lowest BCUT2D eigenvalue weighted by molar-refractivity contribution is 0.460. The molecule has 0 aliphatic carbocycles. The van der Waals surface area contributed by atoms with Crippen LogP contribution < -0.4 is 9.83 Å². The summed E-state index contributed by atoms with van der Waals surface area (Å²) in [4.78, 5) is 3.99. The Bertz CT molecular complexity index is 684. The third-order valence-corrected chi connectivity index (χ3v) is 7.32. The Hall–Kier alpha value is -0.640. The van der Waals surface area contributed by atoms with Crippen molar-refractivity contribution < 1.29 is 9.09 Å². The first-order valence-electron chi connectivity index (χ1n) is 6.39. The quantitative estimate of drug-likeness (QED) is 0.610. The molecule has 112 valence electrons. The van der Waals surface area contributed by atoms with Crippen LogP contribution in [0.1, 0.15) is 20.8 Å². The van der Waals surface area contributed by atoms with Gasteiger partial charge in [-0.15, -0.1) is 0 Å². The van der Waals surface area contributed by atoms with E-state index in [9.17, 15) is 4.57 Å². The maximum absolute atomic E-state index is 13.6. The number of benzene rings is 1. The average Bonchev–Trinajstić information content (AvgIpc) is 2.41. The molecule has 1 heterocycles. The van der Waals surface area contributed by atoms with E-state index in [4.69, 9.17) is 4.52 Å². The number of nitrogens with zero attached hydrogens (tertiary/aromatic N) is 1. The highest BCUT2D eigenvalue weighted by Crippen LogP contribution is 2.58. The molecule has 3 nitrogen and oxygen atoms in total. The lowest BCUT2D eigenvalue weighted by Gasteiger charge is -2.31. The summed E-state index contributed by atoms with van der Waals surface area (Å²) in [5.74, 6) is 0.563. The minimum absolute atomic E-state index is 0.527. The summed E-state index contributed by atoms with van der Waals surface area (Å²) in [6.07, 6.45) is 3.27. The second kappa shape index (κ2) is 6.23. The van der Waals surface area contributed by atoms with E-state index in [0.717, 1.165) is 8.95 Å². The molecule has 1 unspecified atom stereocenters. The summed E-state index contributed by atoms with van der Waals surface area (Å²) in [6.45, 7) is 5.75. The van der Waals surface area contributed by atoms with Gasteiger partial charge in [0.1, 0.15) is 5.75 Å². The fraction of sp³-hybridized carbons (Fsp3) is 0.267. The minimum Gasteiger partial charge on any atom is -0.438 e. The molecule has 0 aliphatic rings. The molecular weight excluding hydrogens is 417 g/mol. The predicted octanol–water partition coefficient (Wildman–Crippen LogP) is 5.39. The normalized spacial score (nSPS) is 14.5. The zero-order valence-corrected chi connectivity index (χ0v) is 16.1. The van der Waals surface area contributed by atoms with Gasteiger partial charge >= 0.3 is 0 Å². The van der Waals surface area contributed by atoms with Crippen LogP contribution in [-0.4, -0.2) is 10.1 Å². The third-order valence-electron chi connectivity index (χ3n) is 3.01. The third kappa shape index (κ3) is 3.58. The molecule has 0 fully saturated rings. The Kier molecular flexibility index (Phi) is 4.96. The van der Waals surface area contributed by atoms with Crippen molar-refractivity contribution in [1.29, 1.82) is 0 Å². The molecule has 1 atom stereocenters. The van der Waals surface area contributed by atoms with Gasteiger partial charge in [0.05, 0.1) is 14.9 Å². The Balaban J connectivity index is 2.50. The molecule has 0 saturated carbocycles. The largest absolute Gasteiger partial charge is 0.438 e. The van der Waals surface area contributed by atoms with E-state index < -0.39 is 12.5 Å². The van der Waals surface area contributed by atoms with Crippen LogP contribution in [0.2, 0.25) is 0 Å². The molecule has 2 rings (SSSR count). The lowest BCUT2D eigenvalue weighted by atomic mass is 10.3. The second-order valence-corrected chi connectivity index (χ2v) is 10.5. The maximum Gasteiger partial charge on any atom is 0.282 e. The van der Waals surface area contributed by atoms with Crippen molar-refractivity contribution >= 4 is 44.5 Å². The molecule has 0 saturated heterocycles. The van der Waals surface area contributed by atoms with Gasteiger partial charge < -0.3 is 4.52 Å². The van der Waals surface area contributed by atoms with E-state index >= 15 is 0 Å². The average molecular weight is 433 g/mol. The van der Waals surface area contributed by atoms with Crippen LogP contribution in [0.5, 0.6) is 5.75 Å². The Morgan fingerprint density at radius 2 is 1.71 bits per heavy atom. The Morgan fingerprint density at radius 1 is 1.10 bits per heavy atom. The van der Waals surface area contributed by atoms with Crippen LogP contribution in [0.15, 0.2) is 51.7 Å². The van der Waals surface area contributed by atoms with Crippen LogP contribution in [-0.2, 0) is 4.57 Å². The molecule has 6 heteroatoms. The highest BCUT2D eigenvalue weighted by Gasteiger charge is 2.41. The van der Waals surface area contributed by atoms with Gasteiger partial charge in [-0.25, -0.2) is 0 Å². The van der Waals surface area contributed by atoms with E-state index in [1.807, 2.05) is 32.9 Å². The summed E-state index contributed by atoms with van der Waals surface area (Å²) in [5, 5.41) is 0.140. The summed E-state index contributed by atoms with van der Waals surface area (Å²) in [6, 6.07) is 9.03. The minimum atomic E-state index is -3.10. The first-order valence-corrected chi connectivity index (χ1v) is 9.60. The Labute approximate surface area is 141 Å². The molecule has 0 spiro atoms. The number of rotatable bonds is 3. The van der Waals surface area contributed by atoms with Crippen molar-refractivity contribution in [3.8, 4) is 5.75 Å². The highest BCUT2D eigenvalue weighted by atomic mass is 79.9. The van der Waals surface area contributed by atoms with Crippen molar-refractivity contribution in [2.75, 3.05) is 0 Å². The van der Waals surface area contributed by atoms with Crippen LogP contribution in [0.3, 0.4) is 0 Å². The topological polar surface area (TPSA) is 39.2 Å². The molecule has 2 aromatic rings. The van der Waals surface area contributed by atoms with E-state index in [1.54, 1.807) is 30.6 Å². The van der Waals surface area contributed by atoms with E-state index in [-0.39, 0.29) is 0 Å². The SMILES string of the molecule is CC(C)(C)P(=O)(Oc1ccc(Br)cc1Br)c1ccncc1. The zero-order chi connectivity index (χ0) is 15.7. The van der Waals surface area contributed by atoms with E-state index in [2.05, 4.69) is 36.8 Å². The lowest BCUT2D eigenvalue weighted by Crippen LogP contribution is -2.26. The first kappa shape index (κ1) is 16.7. The fourth-order valence-electron chi connectivity index (χ4n) is 1.80. The van der Waals surface area contributed by atoms with Crippen molar-refractivity contribution in [3.05, 3.63) is 51.7 Å². The number of pyridine rings is 1. The van der Waals surface area contributed by atoms with E-state index in [0.29, 0.717) is 11.1 Å². The summed E-state index contributed by atoms with van der Waals surface area (Å²) in [5.41, 5.74) is 0. The smallest absolute Gasteiger partial charge is 0.282 e. The second-order valence-electron chi connectivity index (χ2n) is 5.59. The first-order chi connectivity index (χ1) is 9.74. The van der Waals surface area contributed by atoms with E-state index in [1.165, 1.54) is 0 Å². The van der Waals surface area contributed by atoms with Crippen LogP contribution in [0, 0.1) is 0 Å². The summed E-state index contributed by atoms with van der Waals surface area (Å²) < 4.78 is 21.2. The molecule has 21 heavy (non-hydrogen) atoms. The standard InChI is InChI=1S/C15H16Br2NO2P/c1-15(2,3)21(19,12-6-8-18-9-7-12)20-14-5-4-11(16)10-13(14)17/h4-10H,1-3H3. The summed E-state index contributed by atoms with van der Waals surface area (Å²) in [7, 11) is -3.10. The monoisotopic (exact) mass is 431 g/mol. The van der Waals surface area contributed by atoms with Crippen molar-refractivity contribution in [2.45, 2.75) is 25.9 Å². The maximum atomic E-state index is 13.6. The van der Waals surface area contributed by atoms with Crippen molar-refractivity contribution in [3.63, 3.8) is 0 Å². The van der Waals surface area contributed by atoms with Gasteiger partial charge in [-0.1, -0.05) is 15.9 Å². The number of hydrogen-bond acceptors (Lipinski definition) is 3. The Morgan fingerprint density at radius 3 is 2.24 bits per heavy atom. The van der Waals surface area contributed by atoms with Gasteiger partial charge in [0.25, 0.3) is 7.37 Å². The molecule has 0 N–H and O–H groups in total. The summed E-state index contributed by atoms with van der Waals surface area (Å²) >= 11 is 6.85. The molecule has 0 aliphatic heterocycles. The predicted molar refractivity (Wildman–Crippen MR) is 93.7 cm³/mol. The fourth-order valence-corrected chi connectivity index (χ4v) is 5.17. The number of halogens is 2. The molecular formula is C15H16Br2NO2P. The number of aromatic nitrogens is 1. The van der Waals surface area contributed by atoms with Gasteiger partial charge in [-0.05, 0) is 67.0 Å². The van der Waals surface area contributed by atoms with Gasteiger partial charge in [0.15, 0.2) is 0 Å². The van der Waals surface area contributed by atoms with Crippen molar-refractivity contribution in [1.82, 2.24) is 4.98 Å². The van der Waals surface area contributed by atoms with Gasteiger partial charge in [-0.3, -0.25) is 9.55 Å². The van der Waals surface area contributed by atoms with Gasteiger partial charge in [0, 0.05) is 16.9 Å². The van der Waals surface area contributed by atoms with Crippen LogP contribution >= 0.6 is 39.2 Å². The molecule has 0 bridgehead atoms. The van der Waals surface area contributed by atoms with Crippen LogP contribution in [0.25, 0.3) is 0 Å². The van der Waals surface area contributed by atoms with Gasteiger partial charge in [-0.2, -0.15) is 0 Å². The van der Waals surface area contributed by atoms with Crippen LogP contribution in [0.4, 0.5) is 0 Å². The highest BCUT2D eigenvalue weighted by molar-refractivity contribution is 9.11. The number of hydrogen-bond donors (Lipinski definition) is 0. The molecule has 0 radical (unpaired) electrons. The van der Waals surface area contributed by atoms with Crippen molar-refractivity contribution in [2.24, 2.45) is 0 Å². The zero-order valence-electron chi connectivity index (χ0n) is 12.0. The van der Waals surface area contributed by atoms with Gasteiger partial charge in [0.2, 0.25) is 0 Å². The molecule has 1 aromatic heterocycles. The molecule has 1 aromatic carbocycles.